The zero-order valence-electron chi connectivity index (χ0n) is 16.7. The molecule has 0 saturated carbocycles. The largest absolute Gasteiger partial charge is 0.493 e. The van der Waals surface area contributed by atoms with Crippen LogP contribution in [0.1, 0.15) is 19.4 Å². The molecule has 1 aliphatic rings. The van der Waals surface area contributed by atoms with Gasteiger partial charge in [-0.25, -0.2) is 4.68 Å². The van der Waals surface area contributed by atoms with Gasteiger partial charge < -0.3 is 10.1 Å². The lowest BCUT2D eigenvalue weighted by Crippen LogP contribution is -2.17. The molecule has 1 saturated heterocycles. The molecule has 2 heterocycles. The van der Waals surface area contributed by atoms with E-state index in [9.17, 15) is 4.79 Å². The SMILES string of the molecule is CC(C)COc1ccc(-c2nn(-c3ccccc3)cc2/C=C2/SC(=S)NC2=O)cc1. The Balaban J connectivity index is 1.72. The van der Waals surface area contributed by atoms with Crippen LogP contribution in [0.4, 0.5) is 0 Å². The molecule has 0 aliphatic carbocycles. The van der Waals surface area contributed by atoms with Gasteiger partial charge in [-0.15, -0.1) is 0 Å². The summed E-state index contributed by atoms with van der Waals surface area (Å²) in [6.45, 7) is 4.91. The van der Waals surface area contributed by atoms with Crippen molar-refractivity contribution < 1.29 is 9.53 Å². The normalized spacial score (nSPS) is 15.1. The van der Waals surface area contributed by atoms with E-state index in [0.29, 0.717) is 21.8 Å². The number of ether oxygens (including phenoxy) is 1. The fourth-order valence-corrected chi connectivity index (χ4v) is 4.00. The number of nitrogens with zero attached hydrogens (tertiary/aromatic N) is 2. The highest BCUT2D eigenvalue weighted by molar-refractivity contribution is 8.26. The average molecular weight is 436 g/mol. The molecule has 3 aromatic rings. The maximum absolute atomic E-state index is 12.2. The van der Waals surface area contributed by atoms with Crippen LogP contribution in [0.3, 0.4) is 0 Å². The van der Waals surface area contributed by atoms with Crippen molar-refractivity contribution in [1.82, 2.24) is 15.1 Å². The van der Waals surface area contributed by atoms with E-state index in [1.807, 2.05) is 71.6 Å². The molecule has 30 heavy (non-hydrogen) atoms. The molecule has 2 aromatic carbocycles. The van der Waals surface area contributed by atoms with Crippen molar-refractivity contribution >= 4 is 40.3 Å². The molecule has 0 spiro atoms. The number of para-hydroxylation sites is 1. The molecule has 0 radical (unpaired) electrons. The second kappa shape index (κ2) is 8.85. The van der Waals surface area contributed by atoms with Gasteiger partial charge in [0.05, 0.1) is 22.9 Å². The third kappa shape index (κ3) is 4.63. The molecular weight excluding hydrogens is 414 g/mol. The standard InChI is InChI=1S/C23H21N3O2S2/c1-15(2)14-28-19-10-8-16(9-11-19)21-17(12-20-22(27)24-23(29)30-20)13-26(25-21)18-6-4-3-5-7-18/h3-13,15H,14H2,1-2H3,(H,24,27,29)/b20-12+. The lowest BCUT2D eigenvalue weighted by molar-refractivity contribution is -0.115. The summed E-state index contributed by atoms with van der Waals surface area (Å²) in [5.41, 5.74) is 3.52. The molecule has 4 rings (SSSR count). The Bertz CT molecular complexity index is 1100. The van der Waals surface area contributed by atoms with Gasteiger partial charge in [0.1, 0.15) is 10.1 Å². The van der Waals surface area contributed by atoms with Gasteiger partial charge in [-0.2, -0.15) is 5.10 Å². The molecule has 0 bridgehead atoms. The van der Waals surface area contributed by atoms with Gasteiger partial charge in [-0.05, 0) is 48.4 Å². The van der Waals surface area contributed by atoms with Crippen LogP contribution < -0.4 is 10.1 Å². The third-order valence-corrected chi connectivity index (χ3v) is 5.57. The number of carbonyl (C=O) groups excluding carboxylic acids is 1. The van der Waals surface area contributed by atoms with Gasteiger partial charge >= 0.3 is 0 Å². The number of benzene rings is 2. The summed E-state index contributed by atoms with van der Waals surface area (Å²) in [7, 11) is 0. The first-order chi connectivity index (χ1) is 14.5. The number of amides is 1. The maximum Gasteiger partial charge on any atom is 0.263 e. The molecular formula is C23H21N3O2S2. The van der Waals surface area contributed by atoms with Gasteiger partial charge in [0, 0.05) is 17.3 Å². The van der Waals surface area contributed by atoms with Gasteiger partial charge in [0.25, 0.3) is 5.91 Å². The Morgan fingerprint density at radius 2 is 1.90 bits per heavy atom. The van der Waals surface area contributed by atoms with Crippen LogP contribution in [0, 0.1) is 5.92 Å². The van der Waals surface area contributed by atoms with Crippen LogP contribution in [-0.2, 0) is 4.79 Å². The summed E-state index contributed by atoms with van der Waals surface area (Å²) in [6, 6.07) is 17.7. The van der Waals surface area contributed by atoms with Crippen molar-refractivity contribution in [1.29, 1.82) is 0 Å². The van der Waals surface area contributed by atoms with Crippen molar-refractivity contribution in [3.05, 3.63) is 71.3 Å². The van der Waals surface area contributed by atoms with E-state index < -0.39 is 0 Å². The molecule has 0 unspecified atom stereocenters. The van der Waals surface area contributed by atoms with Crippen molar-refractivity contribution in [2.24, 2.45) is 5.92 Å². The minimum absolute atomic E-state index is 0.180. The lowest BCUT2D eigenvalue weighted by Gasteiger charge is -2.09. The average Bonchev–Trinajstić information content (AvgIpc) is 3.30. The number of hydrogen-bond acceptors (Lipinski definition) is 5. The molecule has 1 aromatic heterocycles. The van der Waals surface area contributed by atoms with E-state index in [1.165, 1.54) is 11.8 Å². The minimum Gasteiger partial charge on any atom is -0.493 e. The number of hydrogen-bond donors (Lipinski definition) is 1. The molecule has 1 N–H and O–H groups in total. The monoisotopic (exact) mass is 435 g/mol. The minimum atomic E-state index is -0.180. The smallest absolute Gasteiger partial charge is 0.263 e. The van der Waals surface area contributed by atoms with Crippen LogP contribution >= 0.6 is 24.0 Å². The number of aromatic nitrogens is 2. The second-order valence-corrected chi connectivity index (χ2v) is 9.01. The quantitative estimate of drug-likeness (QED) is 0.433. The van der Waals surface area contributed by atoms with E-state index >= 15 is 0 Å². The molecule has 0 atom stereocenters. The van der Waals surface area contributed by atoms with Crippen LogP contribution in [0.15, 0.2) is 65.7 Å². The zero-order chi connectivity index (χ0) is 21.1. The molecule has 7 heteroatoms. The van der Waals surface area contributed by atoms with E-state index in [1.54, 1.807) is 0 Å². The lowest BCUT2D eigenvalue weighted by atomic mass is 10.1. The van der Waals surface area contributed by atoms with Crippen LogP contribution in [0.5, 0.6) is 5.75 Å². The summed E-state index contributed by atoms with van der Waals surface area (Å²) < 4.78 is 8.08. The summed E-state index contributed by atoms with van der Waals surface area (Å²) in [6.07, 6.45) is 3.76. The number of thiocarbonyl (C=S) groups is 1. The predicted octanol–water partition coefficient (Wildman–Crippen LogP) is 5.06. The van der Waals surface area contributed by atoms with Crippen molar-refractivity contribution in [2.75, 3.05) is 6.61 Å². The maximum atomic E-state index is 12.2. The van der Waals surface area contributed by atoms with E-state index in [-0.39, 0.29) is 5.91 Å². The highest BCUT2D eigenvalue weighted by atomic mass is 32.2. The third-order valence-electron chi connectivity index (χ3n) is 4.40. The van der Waals surface area contributed by atoms with Gasteiger partial charge in [0.2, 0.25) is 0 Å². The van der Waals surface area contributed by atoms with Crippen molar-refractivity contribution in [2.45, 2.75) is 13.8 Å². The molecule has 1 amide bonds. The summed E-state index contributed by atoms with van der Waals surface area (Å²) >= 11 is 6.37. The number of carbonyl (C=O) groups is 1. The fourth-order valence-electron chi connectivity index (χ4n) is 2.96. The first-order valence-corrected chi connectivity index (χ1v) is 10.9. The molecule has 152 valence electrons. The first kappa shape index (κ1) is 20.4. The Hall–Kier alpha value is -2.90. The van der Waals surface area contributed by atoms with Crippen molar-refractivity contribution in [3.63, 3.8) is 0 Å². The zero-order valence-corrected chi connectivity index (χ0v) is 18.3. The van der Waals surface area contributed by atoms with Gasteiger partial charge in [-0.1, -0.05) is 56.0 Å². The molecule has 1 aliphatic heterocycles. The van der Waals surface area contributed by atoms with E-state index in [0.717, 1.165) is 28.3 Å². The number of thioether (sulfide) groups is 1. The fraction of sp³-hybridized carbons (Fsp3) is 0.174. The van der Waals surface area contributed by atoms with Crippen LogP contribution in [0.25, 0.3) is 23.0 Å². The highest BCUT2D eigenvalue weighted by Gasteiger charge is 2.23. The Kier molecular flexibility index (Phi) is 6.01. The topological polar surface area (TPSA) is 56.1 Å². The Morgan fingerprint density at radius 3 is 2.53 bits per heavy atom. The first-order valence-electron chi connectivity index (χ1n) is 9.63. The summed E-state index contributed by atoms with van der Waals surface area (Å²) in [5, 5.41) is 7.46. The number of rotatable bonds is 6. The number of nitrogens with one attached hydrogen (secondary N) is 1. The van der Waals surface area contributed by atoms with E-state index in [4.69, 9.17) is 22.1 Å². The van der Waals surface area contributed by atoms with Crippen LogP contribution in [0.2, 0.25) is 0 Å². The Labute approximate surface area is 185 Å². The summed E-state index contributed by atoms with van der Waals surface area (Å²) in [5.74, 6) is 1.11. The van der Waals surface area contributed by atoms with E-state index in [2.05, 4.69) is 19.2 Å². The Morgan fingerprint density at radius 1 is 1.17 bits per heavy atom. The van der Waals surface area contributed by atoms with Crippen LogP contribution in [-0.4, -0.2) is 26.6 Å². The predicted molar refractivity (Wildman–Crippen MR) is 126 cm³/mol. The highest BCUT2D eigenvalue weighted by Crippen LogP contribution is 2.31. The van der Waals surface area contributed by atoms with Gasteiger partial charge in [0.15, 0.2) is 0 Å². The summed E-state index contributed by atoms with van der Waals surface area (Å²) in [4.78, 5) is 12.7. The van der Waals surface area contributed by atoms with Crippen molar-refractivity contribution in [3.8, 4) is 22.7 Å². The van der Waals surface area contributed by atoms with Gasteiger partial charge in [-0.3, -0.25) is 4.79 Å². The molecule has 1 fully saturated rings. The second-order valence-electron chi connectivity index (χ2n) is 7.29. The molecule has 5 nitrogen and oxygen atoms in total.